The largest absolute Gasteiger partial charge is 0.586 e. The maximum Gasteiger partial charge on any atom is 0.586 e. The van der Waals surface area contributed by atoms with Crippen molar-refractivity contribution in [1.82, 2.24) is 4.98 Å². The summed E-state index contributed by atoms with van der Waals surface area (Å²) in [6, 6.07) is 6.51. The van der Waals surface area contributed by atoms with Crippen molar-refractivity contribution in [3.05, 3.63) is 36.2 Å². The van der Waals surface area contributed by atoms with E-state index in [1.807, 2.05) is 6.07 Å². The first-order valence-electron chi connectivity index (χ1n) is 5.07. The Morgan fingerprint density at radius 2 is 1.95 bits per heavy atom. The summed E-state index contributed by atoms with van der Waals surface area (Å²) < 4.78 is 34.9. The molecule has 7 heteroatoms. The van der Waals surface area contributed by atoms with Crippen LogP contribution >= 0.6 is 0 Å². The summed E-state index contributed by atoms with van der Waals surface area (Å²) in [5, 5.41) is 8.93. The van der Waals surface area contributed by atoms with Gasteiger partial charge in [0, 0.05) is 45.2 Å². The van der Waals surface area contributed by atoms with Crippen LogP contribution in [0.25, 0.3) is 11.1 Å². The van der Waals surface area contributed by atoms with Crippen LogP contribution in [0.15, 0.2) is 30.6 Å². The van der Waals surface area contributed by atoms with Gasteiger partial charge in [-0.2, -0.15) is 5.26 Å². The van der Waals surface area contributed by atoms with Crippen LogP contribution in [0.5, 0.6) is 11.5 Å². The predicted octanol–water partition coefficient (Wildman–Crippen LogP) is 2.87. The van der Waals surface area contributed by atoms with Crippen molar-refractivity contribution in [2.45, 2.75) is 6.29 Å². The van der Waals surface area contributed by atoms with Gasteiger partial charge in [0.25, 0.3) is 0 Å². The number of fused-ring (bicyclic) bond motifs is 1. The number of hydrogen-bond donors (Lipinski definition) is 1. The molecule has 3 rings (SSSR count). The summed E-state index contributed by atoms with van der Waals surface area (Å²) in [7, 11) is 0. The first kappa shape index (κ1) is 13.6. The number of nitrogens with zero attached hydrogens (tertiary/aromatic N) is 1. The number of rotatable bonds is 1. The minimum absolute atomic E-state index is 0. The van der Waals surface area contributed by atoms with Gasteiger partial charge in [-0.15, -0.1) is 8.78 Å². The van der Waals surface area contributed by atoms with Crippen molar-refractivity contribution < 1.29 is 40.0 Å². The van der Waals surface area contributed by atoms with E-state index >= 15 is 0 Å². The minimum atomic E-state index is -3.67. The van der Waals surface area contributed by atoms with E-state index in [1.165, 1.54) is 12.3 Å². The molecule has 1 aromatic carbocycles. The molecule has 2 aromatic rings. The Bertz CT molecular complexity index is 664. The molecule has 0 radical (unpaired) electrons. The monoisotopic (exact) mass is 296 g/mol. The molecule has 94 valence electrons. The number of hydrogen-bond acceptors (Lipinski definition) is 3. The van der Waals surface area contributed by atoms with Crippen LogP contribution in [0, 0.1) is 11.3 Å². The molecule has 0 saturated heterocycles. The first-order valence-corrected chi connectivity index (χ1v) is 5.07. The summed E-state index contributed by atoms with van der Waals surface area (Å²) in [6.45, 7) is 0. The maximum absolute atomic E-state index is 13.0. The number of halogens is 2. The Morgan fingerprint density at radius 3 is 2.68 bits per heavy atom. The molecular weight excluding hydrogens is 290 g/mol. The van der Waals surface area contributed by atoms with Gasteiger partial charge in [-0.05, 0) is 6.07 Å². The average molecular weight is 296 g/mol. The molecule has 0 aliphatic carbocycles. The summed E-state index contributed by atoms with van der Waals surface area (Å²) >= 11 is 0. The Hall–Kier alpha value is -1.84. The van der Waals surface area contributed by atoms with Crippen molar-refractivity contribution >= 4 is 0 Å². The van der Waals surface area contributed by atoms with Crippen molar-refractivity contribution in [2.24, 2.45) is 0 Å². The van der Waals surface area contributed by atoms with E-state index in [2.05, 4.69) is 14.5 Å². The van der Waals surface area contributed by atoms with E-state index in [0.717, 1.165) is 0 Å². The first-order chi connectivity index (χ1) is 8.61. The number of para-hydroxylation sites is 1. The van der Waals surface area contributed by atoms with Gasteiger partial charge < -0.3 is 14.5 Å². The third kappa shape index (κ3) is 2.23. The molecule has 19 heavy (non-hydrogen) atoms. The number of aromatic nitrogens is 1. The standard InChI is InChI=1S/C12H6F2N2O2.Ti/c13-12(14)17-10-3-1-2-8(11(10)18-12)9-6-16-5-7(9)4-15;/h1-3,5-6,16H;. The molecule has 0 unspecified atom stereocenters. The number of benzene rings is 1. The Kier molecular flexibility index (Phi) is 3.35. The molecule has 1 aliphatic rings. The second-order valence-corrected chi connectivity index (χ2v) is 3.69. The zero-order valence-electron chi connectivity index (χ0n) is 9.41. The van der Waals surface area contributed by atoms with Crippen LogP contribution in [-0.2, 0) is 21.7 Å². The second kappa shape index (κ2) is 4.69. The number of nitriles is 1. The van der Waals surface area contributed by atoms with Crippen molar-refractivity contribution in [3.63, 3.8) is 0 Å². The molecule has 1 N–H and O–H groups in total. The third-order valence-electron chi connectivity index (χ3n) is 2.58. The van der Waals surface area contributed by atoms with Crippen LogP contribution in [0.4, 0.5) is 8.78 Å². The van der Waals surface area contributed by atoms with E-state index in [1.54, 1.807) is 18.3 Å². The molecular formula is C12H6F2N2O2Ti. The van der Waals surface area contributed by atoms with E-state index < -0.39 is 6.29 Å². The van der Waals surface area contributed by atoms with E-state index in [4.69, 9.17) is 5.26 Å². The van der Waals surface area contributed by atoms with Gasteiger partial charge in [-0.25, -0.2) is 0 Å². The van der Waals surface area contributed by atoms with Gasteiger partial charge >= 0.3 is 6.29 Å². The fraction of sp³-hybridized carbons (Fsp3) is 0.0833. The molecule has 1 aliphatic heterocycles. The molecule has 0 bridgehead atoms. The normalized spacial score (nSPS) is 14.6. The van der Waals surface area contributed by atoms with Gasteiger partial charge in [0.1, 0.15) is 6.07 Å². The van der Waals surface area contributed by atoms with Gasteiger partial charge in [-0.1, -0.05) is 12.1 Å². The second-order valence-electron chi connectivity index (χ2n) is 3.69. The summed E-state index contributed by atoms with van der Waals surface area (Å²) in [5.74, 6) is -0.0961. The molecule has 4 nitrogen and oxygen atoms in total. The number of aromatic amines is 1. The number of H-pyrrole nitrogens is 1. The number of ether oxygens (including phenoxy) is 2. The van der Waals surface area contributed by atoms with Crippen molar-refractivity contribution in [3.8, 4) is 28.7 Å². The Morgan fingerprint density at radius 1 is 1.16 bits per heavy atom. The fourth-order valence-electron chi connectivity index (χ4n) is 1.86. The third-order valence-corrected chi connectivity index (χ3v) is 2.58. The van der Waals surface area contributed by atoms with Crippen LogP contribution in [0.3, 0.4) is 0 Å². The van der Waals surface area contributed by atoms with E-state index in [0.29, 0.717) is 16.7 Å². The minimum Gasteiger partial charge on any atom is -0.395 e. The zero-order valence-corrected chi connectivity index (χ0v) is 11.0. The van der Waals surface area contributed by atoms with Crippen LogP contribution < -0.4 is 9.47 Å². The molecule has 0 fully saturated rings. The quantitative estimate of drug-likeness (QED) is 0.823. The molecule has 0 spiro atoms. The predicted molar refractivity (Wildman–Crippen MR) is 57.1 cm³/mol. The van der Waals surface area contributed by atoms with Gasteiger partial charge in [0.05, 0.1) is 5.56 Å². The zero-order chi connectivity index (χ0) is 12.8. The van der Waals surface area contributed by atoms with Crippen LogP contribution in [0.1, 0.15) is 5.56 Å². The number of alkyl halides is 2. The summed E-state index contributed by atoms with van der Waals surface area (Å²) in [6.07, 6.45) is -0.627. The Balaban J connectivity index is 0.00000133. The van der Waals surface area contributed by atoms with Crippen molar-refractivity contribution in [1.29, 1.82) is 5.26 Å². The topological polar surface area (TPSA) is 58.0 Å². The molecule has 2 heterocycles. The number of nitrogens with one attached hydrogen (secondary N) is 1. The van der Waals surface area contributed by atoms with Gasteiger partial charge in [-0.3, -0.25) is 0 Å². The van der Waals surface area contributed by atoms with Crippen molar-refractivity contribution in [2.75, 3.05) is 0 Å². The molecule has 0 amide bonds. The maximum atomic E-state index is 13.0. The Labute approximate surface area is 121 Å². The van der Waals surface area contributed by atoms with E-state index in [-0.39, 0.29) is 33.2 Å². The molecule has 0 saturated carbocycles. The van der Waals surface area contributed by atoms with Gasteiger partial charge in [0.15, 0.2) is 11.5 Å². The van der Waals surface area contributed by atoms with Crippen LogP contribution in [-0.4, -0.2) is 11.3 Å². The fourth-order valence-corrected chi connectivity index (χ4v) is 1.86. The summed E-state index contributed by atoms with van der Waals surface area (Å²) in [4.78, 5) is 2.75. The van der Waals surface area contributed by atoms with Gasteiger partial charge in [0.2, 0.25) is 0 Å². The molecule has 1 aromatic heterocycles. The molecule has 0 atom stereocenters. The van der Waals surface area contributed by atoms with E-state index in [9.17, 15) is 8.78 Å². The smallest absolute Gasteiger partial charge is 0.395 e. The van der Waals surface area contributed by atoms with Crippen LogP contribution in [0.2, 0.25) is 0 Å². The SMILES string of the molecule is N#Cc1c[nH]cc1-c1cccc2c1OC(F)(F)O2.[Ti]. The summed E-state index contributed by atoms with van der Waals surface area (Å²) in [5.41, 5.74) is 1.24. The average Bonchev–Trinajstić information content (AvgIpc) is 2.89.